The van der Waals surface area contributed by atoms with E-state index in [0.717, 1.165) is 37.4 Å². The SMILES string of the molecule is COc1ccc2c(c1C)CCn1c[n+]3c(c1-2)-c1ccc(OC)c(C)c1CC3. The Labute approximate surface area is 160 Å². The molecule has 0 fully saturated rings. The van der Waals surface area contributed by atoms with Gasteiger partial charge >= 0.3 is 0 Å². The Hall–Kier alpha value is -2.75. The predicted molar refractivity (Wildman–Crippen MR) is 105 cm³/mol. The molecule has 0 saturated heterocycles. The van der Waals surface area contributed by atoms with Crippen LogP contribution in [-0.4, -0.2) is 18.8 Å². The van der Waals surface area contributed by atoms with Gasteiger partial charge in [0.1, 0.15) is 11.5 Å². The maximum absolute atomic E-state index is 5.56. The third-order valence-corrected chi connectivity index (χ3v) is 6.33. The molecule has 0 saturated carbocycles. The van der Waals surface area contributed by atoms with E-state index in [1.165, 1.54) is 44.8 Å². The Balaban J connectivity index is 1.78. The van der Waals surface area contributed by atoms with Crippen LogP contribution in [0, 0.1) is 13.8 Å². The number of fused-ring (bicyclic) bond motifs is 7. The zero-order chi connectivity index (χ0) is 18.7. The fraction of sp³-hybridized carbons (Fsp3) is 0.348. The zero-order valence-electron chi connectivity index (χ0n) is 16.4. The van der Waals surface area contributed by atoms with Crippen molar-refractivity contribution in [1.82, 2.24) is 4.57 Å². The maximum atomic E-state index is 5.56. The Morgan fingerprint density at radius 2 is 1.48 bits per heavy atom. The van der Waals surface area contributed by atoms with E-state index >= 15 is 0 Å². The van der Waals surface area contributed by atoms with Gasteiger partial charge in [0.25, 0.3) is 0 Å². The molecular weight excluding hydrogens is 336 g/mol. The molecule has 0 radical (unpaired) electrons. The van der Waals surface area contributed by atoms with Crippen LogP contribution in [0.15, 0.2) is 30.6 Å². The second-order valence-electron chi connectivity index (χ2n) is 7.54. The average Bonchev–Trinajstić information content (AvgIpc) is 3.08. The predicted octanol–water partition coefficient (Wildman–Crippen LogP) is 3.86. The molecule has 0 bridgehead atoms. The summed E-state index contributed by atoms with van der Waals surface area (Å²) < 4.78 is 16.0. The highest BCUT2D eigenvalue weighted by Gasteiger charge is 2.35. The monoisotopic (exact) mass is 361 g/mol. The van der Waals surface area contributed by atoms with Gasteiger partial charge in [-0.05, 0) is 60.4 Å². The van der Waals surface area contributed by atoms with Crippen molar-refractivity contribution in [2.45, 2.75) is 39.8 Å². The van der Waals surface area contributed by atoms with Gasteiger partial charge in [-0.25, -0.2) is 9.13 Å². The number of benzene rings is 2. The van der Waals surface area contributed by atoms with Crippen molar-refractivity contribution in [2.75, 3.05) is 14.2 Å². The summed E-state index contributed by atoms with van der Waals surface area (Å²) in [6, 6.07) is 8.68. The summed E-state index contributed by atoms with van der Waals surface area (Å²) >= 11 is 0. The number of aromatic nitrogens is 2. The molecule has 2 aromatic carbocycles. The number of aryl methyl sites for hydroxylation is 2. The first kappa shape index (κ1) is 16.4. The van der Waals surface area contributed by atoms with E-state index in [-0.39, 0.29) is 0 Å². The fourth-order valence-corrected chi connectivity index (χ4v) is 4.92. The highest BCUT2D eigenvalue weighted by Crippen LogP contribution is 2.42. The number of nitrogens with zero attached hydrogens (tertiary/aromatic N) is 2. The number of ether oxygens (including phenoxy) is 2. The van der Waals surface area contributed by atoms with Crippen LogP contribution in [-0.2, 0) is 25.9 Å². The number of rotatable bonds is 2. The van der Waals surface area contributed by atoms with Crippen molar-refractivity contribution in [3.63, 3.8) is 0 Å². The zero-order valence-corrected chi connectivity index (χ0v) is 16.4. The average molecular weight is 361 g/mol. The van der Waals surface area contributed by atoms with Crippen LogP contribution in [0.25, 0.3) is 22.5 Å². The second kappa shape index (κ2) is 5.88. The highest BCUT2D eigenvalue weighted by molar-refractivity contribution is 5.83. The van der Waals surface area contributed by atoms with Gasteiger partial charge in [0.05, 0.1) is 27.3 Å². The standard InChI is InChI=1S/C23H25N2O2/c1-14-16-9-11-24-13-25-12-10-17-15(2)21(27-4)8-6-19(17)23(25)22(24)18(16)5-7-20(14)26-3/h5-8,13H,9-12H2,1-4H3/q+1. The van der Waals surface area contributed by atoms with Crippen LogP contribution in [0.5, 0.6) is 11.5 Å². The minimum Gasteiger partial charge on any atom is -0.496 e. The minimum absolute atomic E-state index is 0.983. The molecule has 5 rings (SSSR count). The van der Waals surface area contributed by atoms with Gasteiger partial charge in [0.2, 0.25) is 6.33 Å². The summed E-state index contributed by atoms with van der Waals surface area (Å²) in [7, 11) is 3.51. The molecule has 2 aliphatic rings. The number of hydrogen-bond donors (Lipinski definition) is 0. The van der Waals surface area contributed by atoms with Crippen molar-refractivity contribution in [1.29, 1.82) is 0 Å². The van der Waals surface area contributed by atoms with Crippen molar-refractivity contribution in [2.24, 2.45) is 0 Å². The molecule has 27 heavy (non-hydrogen) atoms. The van der Waals surface area contributed by atoms with E-state index in [1.54, 1.807) is 14.2 Å². The first-order chi connectivity index (χ1) is 13.1. The molecule has 0 unspecified atom stereocenters. The Morgan fingerprint density at radius 1 is 0.852 bits per heavy atom. The second-order valence-corrected chi connectivity index (χ2v) is 7.54. The molecule has 0 aliphatic carbocycles. The van der Waals surface area contributed by atoms with Gasteiger partial charge in [-0.3, -0.25) is 0 Å². The first-order valence-corrected chi connectivity index (χ1v) is 9.60. The number of imidazole rings is 1. The summed E-state index contributed by atoms with van der Waals surface area (Å²) in [5.41, 5.74) is 10.7. The van der Waals surface area contributed by atoms with E-state index in [0.29, 0.717) is 0 Å². The van der Waals surface area contributed by atoms with Crippen LogP contribution in [0.4, 0.5) is 0 Å². The van der Waals surface area contributed by atoms with Gasteiger partial charge in [0, 0.05) is 24.0 Å². The van der Waals surface area contributed by atoms with Crippen molar-refractivity contribution >= 4 is 0 Å². The molecule has 138 valence electrons. The topological polar surface area (TPSA) is 27.3 Å². The van der Waals surface area contributed by atoms with E-state index < -0.39 is 0 Å². The van der Waals surface area contributed by atoms with Crippen LogP contribution >= 0.6 is 0 Å². The van der Waals surface area contributed by atoms with Gasteiger partial charge in [-0.1, -0.05) is 0 Å². The summed E-state index contributed by atoms with van der Waals surface area (Å²) in [6.45, 7) is 6.39. The Bertz CT molecular complexity index is 995. The molecule has 0 N–H and O–H groups in total. The summed E-state index contributed by atoms with van der Waals surface area (Å²) in [5, 5.41) is 0. The van der Waals surface area contributed by atoms with Crippen molar-refractivity contribution in [3.05, 3.63) is 52.8 Å². The highest BCUT2D eigenvalue weighted by atomic mass is 16.5. The van der Waals surface area contributed by atoms with E-state index in [9.17, 15) is 0 Å². The van der Waals surface area contributed by atoms with Gasteiger partial charge in [0.15, 0.2) is 11.4 Å². The molecule has 4 nitrogen and oxygen atoms in total. The van der Waals surface area contributed by atoms with Crippen molar-refractivity contribution < 1.29 is 14.0 Å². The van der Waals surface area contributed by atoms with Gasteiger partial charge in [-0.15, -0.1) is 0 Å². The smallest absolute Gasteiger partial charge is 0.244 e. The largest absolute Gasteiger partial charge is 0.496 e. The summed E-state index contributed by atoms with van der Waals surface area (Å²) in [4.78, 5) is 0. The molecule has 3 heterocycles. The van der Waals surface area contributed by atoms with Crippen molar-refractivity contribution in [3.8, 4) is 34.0 Å². The van der Waals surface area contributed by atoms with E-state index in [4.69, 9.17) is 9.47 Å². The van der Waals surface area contributed by atoms with Crippen LogP contribution in [0.1, 0.15) is 22.3 Å². The van der Waals surface area contributed by atoms with Crippen LogP contribution < -0.4 is 14.0 Å². The first-order valence-electron chi connectivity index (χ1n) is 9.60. The lowest BCUT2D eigenvalue weighted by atomic mass is 9.88. The van der Waals surface area contributed by atoms with E-state index in [1.807, 2.05) is 0 Å². The van der Waals surface area contributed by atoms with Gasteiger partial charge < -0.3 is 9.47 Å². The lowest BCUT2D eigenvalue weighted by Gasteiger charge is -2.21. The molecular formula is C23H25N2O2+. The number of methoxy groups -OCH3 is 2. The molecule has 3 aromatic rings. The maximum Gasteiger partial charge on any atom is 0.244 e. The van der Waals surface area contributed by atoms with Crippen LogP contribution in [0.2, 0.25) is 0 Å². The molecule has 1 aromatic heterocycles. The Kier molecular flexibility index (Phi) is 3.58. The number of hydrogen-bond acceptors (Lipinski definition) is 2. The third kappa shape index (κ3) is 2.19. The van der Waals surface area contributed by atoms with Crippen LogP contribution in [0.3, 0.4) is 0 Å². The minimum atomic E-state index is 0.983. The molecule has 0 amide bonds. The Morgan fingerprint density at radius 3 is 2.15 bits per heavy atom. The summed E-state index contributed by atoms with van der Waals surface area (Å²) in [5.74, 6) is 1.97. The lowest BCUT2D eigenvalue weighted by molar-refractivity contribution is -0.687. The van der Waals surface area contributed by atoms with Gasteiger partial charge in [-0.2, -0.15) is 0 Å². The molecule has 0 spiro atoms. The van der Waals surface area contributed by atoms with E-state index in [2.05, 4.69) is 53.6 Å². The third-order valence-electron chi connectivity index (χ3n) is 6.33. The quantitative estimate of drug-likeness (QED) is 0.648. The fourth-order valence-electron chi connectivity index (χ4n) is 4.92. The lowest BCUT2D eigenvalue weighted by Crippen LogP contribution is -2.38. The molecule has 2 aliphatic heterocycles. The molecule has 4 heteroatoms. The summed E-state index contributed by atoms with van der Waals surface area (Å²) in [6.07, 6.45) is 4.40. The normalized spacial score (nSPS) is 14.1. The molecule has 0 atom stereocenters.